The third kappa shape index (κ3) is 3.68. The molecule has 0 aromatic heterocycles. The van der Waals surface area contributed by atoms with Gasteiger partial charge in [0.2, 0.25) is 0 Å². The second kappa shape index (κ2) is 6.69. The van der Waals surface area contributed by atoms with Gasteiger partial charge in [0.25, 0.3) is 5.91 Å². The Morgan fingerprint density at radius 1 is 1.32 bits per heavy atom. The Labute approximate surface area is 128 Å². The second-order valence-corrected chi connectivity index (χ2v) is 5.81. The summed E-state index contributed by atoms with van der Waals surface area (Å²) in [4.78, 5) is 14.0. The molecule has 0 aliphatic carbocycles. The molecule has 0 unspecified atom stereocenters. The predicted molar refractivity (Wildman–Crippen MR) is 79.6 cm³/mol. The first-order chi connectivity index (χ1) is 8.79. The number of benzene rings is 1. The van der Waals surface area contributed by atoms with Crippen molar-refractivity contribution in [2.45, 2.75) is 20.8 Å². The maximum Gasteiger partial charge on any atom is 0.259 e. The van der Waals surface area contributed by atoms with Crippen molar-refractivity contribution in [1.29, 1.82) is 0 Å². The van der Waals surface area contributed by atoms with Crippen molar-refractivity contribution in [2.75, 3.05) is 13.1 Å². The largest absolute Gasteiger partial charge is 0.505 e. The number of carbonyl (C=O) groups is 1. The lowest BCUT2D eigenvalue weighted by molar-refractivity contribution is 0.0743. The van der Waals surface area contributed by atoms with Crippen LogP contribution in [-0.2, 0) is 0 Å². The highest BCUT2D eigenvalue weighted by molar-refractivity contribution is 6.45. The molecule has 106 valence electrons. The quantitative estimate of drug-likeness (QED) is 0.830. The van der Waals surface area contributed by atoms with E-state index in [2.05, 4.69) is 0 Å². The molecule has 0 aliphatic rings. The van der Waals surface area contributed by atoms with Gasteiger partial charge >= 0.3 is 0 Å². The van der Waals surface area contributed by atoms with Crippen LogP contribution in [0.3, 0.4) is 0 Å². The van der Waals surface area contributed by atoms with Crippen LogP contribution in [0, 0.1) is 5.92 Å². The van der Waals surface area contributed by atoms with Crippen LogP contribution in [0.25, 0.3) is 0 Å². The Hall–Kier alpha value is -0.640. The maximum atomic E-state index is 12.4. The van der Waals surface area contributed by atoms with Crippen LogP contribution in [0.4, 0.5) is 0 Å². The molecule has 0 atom stereocenters. The zero-order chi connectivity index (χ0) is 14.7. The fraction of sp³-hybridized carbons (Fsp3) is 0.462. The molecule has 6 heteroatoms. The number of hydrogen-bond acceptors (Lipinski definition) is 2. The Morgan fingerprint density at radius 3 is 2.37 bits per heavy atom. The van der Waals surface area contributed by atoms with E-state index in [0.717, 1.165) is 0 Å². The average molecular weight is 325 g/mol. The number of aromatic hydroxyl groups is 1. The molecule has 0 radical (unpaired) electrons. The van der Waals surface area contributed by atoms with E-state index in [1.165, 1.54) is 6.07 Å². The summed E-state index contributed by atoms with van der Waals surface area (Å²) < 4.78 is 0. The molecular formula is C13H16Cl3NO2. The van der Waals surface area contributed by atoms with Crippen molar-refractivity contribution >= 4 is 40.7 Å². The van der Waals surface area contributed by atoms with E-state index >= 15 is 0 Å². The van der Waals surface area contributed by atoms with E-state index in [1.54, 1.807) is 4.90 Å². The molecular weight excluding hydrogens is 309 g/mol. The molecule has 1 rings (SSSR count). The van der Waals surface area contributed by atoms with Gasteiger partial charge in [-0.2, -0.15) is 0 Å². The van der Waals surface area contributed by atoms with Crippen LogP contribution >= 0.6 is 34.8 Å². The first kappa shape index (κ1) is 16.4. The summed E-state index contributed by atoms with van der Waals surface area (Å²) in [5.41, 5.74) is -0.0401. The van der Waals surface area contributed by atoms with Crippen LogP contribution in [0.2, 0.25) is 15.1 Å². The molecule has 1 aromatic rings. The summed E-state index contributed by atoms with van der Waals surface area (Å²) in [6.45, 7) is 6.94. The Kier molecular flexibility index (Phi) is 5.78. The number of hydrogen-bond donors (Lipinski definition) is 1. The SMILES string of the molecule is CCN(CC(C)C)C(=O)c1c(O)c(Cl)cc(Cl)c1Cl. The van der Waals surface area contributed by atoms with Gasteiger partial charge in [-0.25, -0.2) is 0 Å². The number of amides is 1. The number of phenolic OH excluding ortho intramolecular Hbond substituents is 1. The lowest BCUT2D eigenvalue weighted by atomic mass is 10.1. The highest BCUT2D eigenvalue weighted by Gasteiger charge is 2.25. The average Bonchev–Trinajstić information content (AvgIpc) is 2.33. The molecule has 1 N–H and O–H groups in total. The van der Waals surface area contributed by atoms with Gasteiger partial charge in [-0.3, -0.25) is 4.79 Å². The fourth-order valence-electron chi connectivity index (χ4n) is 1.74. The van der Waals surface area contributed by atoms with Crippen LogP contribution in [-0.4, -0.2) is 29.0 Å². The standard InChI is InChI=1S/C13H16Cl3NO2/c1-4-17(6-7(2)3)13(19)10-11(16)8(14)5-9(15)12(10)18/h5,7,18H,4,6H2,1-3H3. The monoisotopic (exact) mass is 323 g/mol. The molecule has 0 fully saturated rings. The van der Waals surface area contributed by atoms with Crippen LogP contribution in [0.15, 0.2) is 6.07 Å². The minimum Gasteiger partial charge on any atom is -0.505 e. The van der Waals surface area contributed by atoms with Gasteiger partial charge in [-0.15, -0.1) is 0 Å². The molecule has 0 bridgehead atoms. The van der Waals surface area contributed by atoms with E-state index in [-0.39, 0.29) is 32.3 Å². The zero-order valence-electron chi connectivity index (χ0n) is 11.0. The first-order valence-electron chi connectivity index (χ1n) is 5.95. The smallest absolute Gasteiger partial charge is 0.259 e. The fourth-order valence-corrected chi connectivity index (χ4v) is 2.42. The summed E-state index contributed by atoms with van der Waals surface area (Å²) >= 11 is 17.7. The van der Waals surface area contributed by atoms with E-state index in [9.17, 15) is 9.90 Å². The van der Waals surface area contributed by atoms with Gasteiger partial charge in [0.15, 0.2) is 0 Å². The van der Waals surface area contributed by atoms with Gasteiger partial charge in [0.1, 0.15) is 11.3 Å². The van der Waals surface area contributed by atoms with Crippen LogP contribution in [0.1, 0.15) is 31.1 Å². The highest BCUT2D eigenvalue weighted by Crippen LogP contribution is 2.39. The second-order valence-electron chi connectivity index (χ2n) is 4.62. The third-order valence-electron chi connectivity index (χ3n) is 2.61. The van der Waals surface area contributed by atoms with Crippen molar-refractivity contribution < 1.29 is 9.90 Å². The van der Waals surface area contributed by atoms with Crippen LogP contribution in [0.5, 0.6) is 5.75 Å². The van der Waals surface area contributed by atoms with Crippen molar-refractivity contribution in [3.05, 3.63) is 26.7 Å². The normalized spacial score (nSPS) is 10.9. The lowest BCUT2D eigenvalue weighted by Gasteiger charge is -2.24. The van der Waals surface area contributed by atoms with E-state index in [4.69, 9.17) is 34.8 Å². The summed E-state index contributed by atoms with van der Waals surface area (Å²) in [6.07, 6.45) is 0. The molecule has 3 nitrogen and oxygen atoms in total. The Bertz CT molecular complexity index is 463. The maximum absolute atomic E-state index is 12.4. The highest BCUT2D eigenvalue weighted by atomic mass is 35.5. The number of rotatable bonds is 4. The molecule has 0 saturated heterocycles. The molecule has 0 spiro atoms. The van der Waals surface area contributed by atoms with Crippen LogP contribution < -0.4 is 0 Å². The third-order valence-corrected chi connectivity index (χ3v) is 3.69. The summed E-state index contributed by atoms with van der Waals surface area (Å²) in [6, 6.07) is 1.32. The molecule has 0 heterocycles. The van der Waals surface area contributed by atoms with Crippen molar-refractivity contribution in [3.8, 4) is 5.75 Å². The van der Waals surface area contributed by atoms with Gasteiger partial charge in [-0.1, -0.05) is 48.7 Å². The number of nitrogens with zero attached hydrogens (tertiary/aromatic N) is 1. The molecule has 1 aromatic carbocycles. The number of carbonyl (C=O) groups excluding carboxylic acids is 1. The minimum absolute atomic E-state index is 0.0124. The van der Waals surface area contributed by atoms with Gasteiger partial charge < -0.3 is 10.0 Å². The Balaban J connectivity index is 3.25. The first-order valence-corrected chi connectivity index (χ1v) is 7.08. The van der Waals surface area contributed by atoms with Crippen molar-refractivity contribution in [2.24, 2.45) is 5.92 Å². The minimum atomic E-state index is -0.372. The van der Waals surface area contributed by atoms with Gasteiger partial charge in [-0.05, 0) is 18.9 Å². The van der Waals surface area contributed by atoms with Gasteiger partial charge in [0, 0.05) is 13.1 Å². The Morgan fingerprint density at radius 2 is 1.89 bits per heavy atom. The van der Waals surface area contributed by atoms with Crippen molar-refractivity contribution in [3.63, 3.8) is 0 Å². The zero-order valence-corrected chi connectivity index (χ0v) is 13.3. The summed E-state index contributed by atoms with van der Waals surface area (Å²) in [5.74, 6) is -0.397. The molecule has 0 aliphatic heterocycles. The molecule has 0 saturated carbocycles. The van der Waals surface area contributed by atoms with E-state index < -0.39 is 0 Å². The van der Waals surface area contributed by atoms with Gasteiger partial charge in [0.05, 0.1) is 15.1 Å². The lowest BCUT2D eigenvalue weighted by Crippen LogP contribution is -2.34. The number of phenols is 1. The van der Waals surface area contributed by atoms with E-state index in [0.29, 0.717) is 19.0 Å². The predicted octanol–water partition coefficient (Wildman–Crippen LogP) is 4.47. The topological polar surface area (TPSA) is 40.5 Å². The number of halogens is 3. The molecule has 19 heavy (non-hydrogen) atoms. The van der Waals surface area contributed by atoms with Crippen molar-refractivity contribution in [1.82, 2.24) is 4.90 Å². The summed E-state index contributed by atoms with van der Waals surface area (Å²) in [5, 5.41) is 10.1. The van der Waals surface area contributed by atoms with E-state index in [1.807, 2.05) is 20.8 Å². The summed E-state index contributed by atoms with van der Waals surface area (Å²) in [7, 11) is 0. The molecule has 1 amide bonds.